The van der Waals surface area contributed by atoms with Crippen molar-refractivity contribution >= 4 is 50.3 Å². The molecule has 4 rings (SSSR count). The Hall–Kier alpha value is -4.83. The summed E-state index contributed by atoms with van der Waals surface area (Å²) < 4.78 is 56.6. The highest BCUT2D eigenvalue weighted by atomic mass is 32.2. The van der Waals surface area contributed by atoms with Crippen molar-refractivity contribution in [3.8, 4) is 0 Å². The second-order valence-electron chi connectivity index (χ2n) is 9.64. The molecule has 1 aliphatic rings. The van der Waals surface area contributed by atoms with E-state index in [2.05, 4.69) is 10.4 Å². The minimum atomic E-state index is -5.00. The summed E-state index contributed by atoms with van der Waals surface area (Å²) in [6.45, 7) is 3.44. The maximum Gasteiger partial charge on any atom is 0.303 e. The number of nitrogens with zero attached hydrogens (tertiary/aromatic N) is 2. The van der Waals surface area contributed by atoms with Crippen molar-refractivity contribution in [1.29, 1.82) is 0 Å². The van der Waals surface area contributed by atoms with Crippen LogP contribution in [0.15, 0.2) is 64.5 Å². The first-order chi connectivity index (χ1) is 20.8. The smallest absolute Gasteiger partial charge is 0.303 e. The number of carbonyl (C=O) groups excluding carboxylic acids is 4. The predicted octanol–water partition coefficient (Wildman–Crippen LogP) is 1.13. The van der Waals surface area contributed by atoms with Gasteiger partial charge < -0.3 is 23.7 Å². The van der Waals surface area contributed by atoms with Crippen molar-refractivity contribution in [2.75, 3.05) is 12.0 Å². The number of esters is 4. The average Bonchev–Trinajstić information content (AvgIpc) is 2.95. The number of hydrogen-bond donors (Lipinski definition) is 1. The highest BCUT2D eigenvalue weighted by molar-refractivity contribution is 7.91. The van der Waals surface area contributed by atoms with Gasteiger partial charge in [0.2, 0.25) is 15.3 Å². The second-order valence-corrected chi connectivity index (χ2v) is 11.6. The van der Waals surface area contributed by atoms with Crippen LogP contribution < -0.4 is 11.0 Å². The Balaban J connectivity index is 1.95. The molecule has 1 aliphatic heterocycles. The Bertz CT molecular complexity index is 1740. The van der Waals surface area contributed by atoms with Crippen LogP contribution in [0, 0.1) is 0 Å². The van der Waals surface area contributed by atoms with Gasteiger partial charge in [-0.3, -0.25) is 29.4 Å². The number of anilines is 1. The molecular weight excluding hydrogens is 602 g/mol. The van der Waals surface area contributed by atoms with Crippen LogP contribution in [0.2, 0.25) is 0 Å². The Labute approximate surface area is 250 Å². The fourth-order valence-electron chi connectivity index (χ4n) is 4.59. The second kappa shape index (κ2) is 13.2. The van der Waals surface area contributed by atoms with Gasteiger partial charge in [0.25, 0.3) is 10.7 Å². The molecule has 44 heavy (non-hydrogen) atoms. The molecule has 1 N–H and O–H groups in total. The van der Waals surface area contributed by atoms with E-state index in [1.807, 2.05) is 0 Å². The van der Waals surface area contributed by atoms with Crippen molar-refractivity contribution in [3.05, 3.63) is 65.0 Å². The molecule has 0 spiro atoms. The summed E-state index contributed by atoms with van der Waals surface area (Å²) in [5.41, 5.74) is 0.0868. The van der Waals surface area contributed by atoms with Crippen molar-refractivity contribution in [3.63, 3.8) is 0 Å². The summed E-state index contributed by atoms with van der Waals surface area (Å²) in [5.74, 6) is -3.61. The molecule has 2 aromatic carbocycles. The van der Waals surface area contributed by atoms with Crippen LogP contribution in [0.5, 0.6) is 0 Å². The van der Waals surface area contributed by atoms with Gasteiger partial charge in [-0.1, -0.05) is 30.3 Å². The van der Waals surface area contributed by atoms with Crippen LogP contribution in [-0.2, 0) is 52.7 Å². The summed E-state index contributed by atoms with van der Waals surface area (Å²) in [7, 11) is -5.00. The van der Waals surface area contributed by atoms with Gasteiger partial charge in [-0.05, 0) is 24.3 Å². The first-order valence-corrected chi connectivity index (χ1v) is 14.7. The molecule has 0 bridgehead atoms. The first kappa shape index (κ1) is 32.1. The van der Waals surface area contributed by atoms with Crippen LogP contribution in [0.3, 0.4) is 0 Å². The molecule has 0 saturated carbocycles. The molecule has 2 heterocycles. The van der Waals surface area contributed by atoms with Gasteiger partial charge in [0.1, 0.15) is 12.7 Å². The first-order valence-electron chi connectivity index (χ1n) is 13.2. The molecule has 3 aromatic rings. The number of sulfone groups is 1. The Morgan fingerprint density at radius 2 is 1.39 bits per heavy atom. The van der Waals surface area contributed by atoms with E-state index in [9.17, 15) is 32.4 Å². The van der Waals surface area contributed by atoms with E-state index in [0.717, 1.165) is 27.7 Å². The number of hydrogen-bond acceptors (Lipinski definition) is 14. The maximum absolute atomic E-state index is 14.5. The van der Waals surface area contributed by atoms with Gasteiger partial charge >= 0.3 is 23.9 Å². The van der Waals surface area contributed by atoms with E-state index in [1.54, 1.807) is 42.5 Å². The van der Waals surface area contributed by atoms with Gasteiger partial charge in [0.05, 0.1) is 16.6 Å². The lowest BCUT2D eigenvalue weighted by Gasteiger charge is -2.43. The summed E-state index contributed by atoms with van der Waals surface area (Å²) in [4.78, 5) is 66.0. The highest BCUT2D eigenvalue weighted by Crippen LogP contribution is 2.34. The van der Waals surface area contributed by atoms with Crippen molar-refractivity contribution in [1.82, 2.24) is 9.66 Å². The zero-order valence-corrected chi connectivity index (χ0v) is 24.8. The van der Waals surface area contributed by atoms with E-state index in [0.29, 0.717) is 10.4 Å². The normalized spacial score (nSPS) is 21.6. The molecule has 234 valence electrons. The lowest BCUT2D eigenvalue weighted by atomic mass is 9.99. The maximum atomic E-state index is 14.5. The van der Waals surface area contributed by atoms with Gasteiger partial charge in [-0.25, -0.2) is 13.4 Å². The van der Waals surface area contributed by atoms with E-state index in [-0.39, 0.29) is 10.9 Å². The van der Waals surface area contributed by atoms with Crippen molar-refractivity contribution in [2.24, 2.45) is 0 Å². The summed E-state index contributed by atoms with van der Waals surface area (Å²) in [5, 5.41) is -0.762. The van der Waals surface area contributed by atoms with E-state index in [4.69, 9.17) is 23.7 Å². The van der Waals surface area contributed by atoms with Crippen LogP contribution in [0.25, 0.3) is 10.9 Å². The van der Waals surface area contributed by atoms with Crippen LogP contribution >= 0.6 is 0 Å². The number of benzene rings is 2. The predicted molar refractivity (Wildman–Crippen MR) is 151 cm³/mol. The molecule has 0 aliphatic carbocycles. The summed E-state index contributed by atoms with van der Waals surface area (Å²) >= 11 is 0. The lowest BCUT2D eigenvalue weighted by molar-refractivity contribution is -0.238. The number of fused-ring (bicyclic) bond motifs is 1. The average molecular weight is 632 g/mol. The number of ether oxygens (including phenoxy) is 5. The largest absolute Gasteiger partial charge is 0.463 e. The molecule has 1 saturated heterocycles. The number of carbonyl (C=O) groups is 4. The summed E-state index contributed by atoms with van der Waals surface area (Å²) in [6, 6.07) is 14.2. The van der Waals surface area contributed by atoms with Crippen molar-refractivity contribution in [2.45, 2.75) is 62.7 Å². The molecule has 5 atom stereocenters. The van der Waals surface area contributed by atoms with Crippen LogP contribution in [0.4, 0.5) is 5.69 Å². The Morgan fingerprint density at radius 1 is 0.818 bits per heavy atom. The standard InChI is InChI=1S/C28H29N3O12S/c1-15(32)39-14-22-23(40-16(2)33)24(41-17(3)34)25(42-18(4)35)27(43-22)44(37,38)28-29-21-13-9-8-12-20(21)26(36)31(28)30-19-10-6-5-7-11-19/h5-13,22-25,27,30H,14H2,1-4H3/t22-,23-,24+,25-,27+/m1/s1. The molecular formula is C28H29N3O12S. The third-order valence-corrected chi connectivity index (χ3v) is 8.04. The van der Waals surface area contributed by atoms with E-state index in [1.165, 1.54) is 12.1 Å². The van der Waals surface area contributed by atoms with Crippen molar-refractivity contribution < 1.29 is 51.3 Å². The quantitative estimate of drug-likeness (QED) is 0.200. The SMILES string of the molecule is CC(=O)OC[C@H]1O[C@@H](S(=O)(=O)c2nc3ccccc3c(=O)n2Nc2ccccc2)[C@H](OC(C)=O)[C@@H](OC(C)=O)[C@@H]1OC(C)=O. The van der Waals surface area contributed by atoms with E-state index < -0.39 is 80.9 Å². The Kier molecular flexibility index (Phi) is 9.64. The number of para-hydroxylation sites is 2. The fraction of sp³-hybridized carbons (Fsp3) is 0.357. The molecule has 0 radical (unpaired) electrons. The minimum Gasteiger partial charge on any atom is -0.463 e. The Morgan fingerprint density at radius 3 is 2.00 bits per heavy atom. The third kappa shape index (κ3) is 7.03. The lowest BCUT2D eigenvalue weighted by Crippen LogP contribution is -2.64. The van der Waals surface area contributed by atoms with Gasteiger partial charge in [0.15, 0.2) is 18.3 Å². The molecule has 15 nitrogen and oxygen atoms in total. The third-order valence-electron chi connectivity index (χ3n) is 6.27. The number of aromatic nitrogens is 2. The zero-order chi connectivity index (χ0) is 32.2. The molecule has 1 aromatic heterocycles. The zero-order valence-electron chi connectivity index (χ0n) is 24.0. The van der Waals surface area contributed by atoms with Gasteiger partial charge in [-0.15, -0.1) is 0 Å². The highest BCUT2D eigenvalue weighted by Gasteiger charge is 2.57. The number of nitrogens with one attached hydrogen (secondary N) is 1. The number of rotatable bonds is 9. The monoisotopic (exact) mass is 631 g/mol. The fourth-order valence-corrected chi connectivity index (χ4v) is 6.25. The minimum absolute atomic E-state index is 0.0211. The van der Waals surface area contributed by atoms with E-state index >= 15 is 0 Å². The topological polar surface area (TPSA) is 195 Å². The van der Waals surface area contributed by atoms with Gasteiger partial charge in [-0.2, -0.15) is 4.68 Å². The van der Waals surface area contributed by atoms with Crippen LogP contribution in [0.1, 0.15) is 27.7 Å². The molecule has 1 fully saturated rings. The van der Waals surface area contributed by atoms with Crippen LogP contribution in [-0.4, -0.2) is 78.4 Å². The van der Waals surface area contributed by atoms with Gasteiger partial charge in [0, 0.05) is 27.7 Å². The molecule has 0 amide bonds. The molecule has 16 heteroatoms. The summed E-state index contributed by atoms with van der Waals surface area (Å²) in [6.07, 6.45) is -6.81. The molecule has 0 unspecified atom stereocenters.